The molecule has 0 saturated carbocycles. The molecule has 0 bridgehead atoms. The monoisotopic (exact) mass is 477 g/mol. The minimum atomic E-state index is -0.327. The molecule has 6 nitrogen and oxygen atoms in total. The number of anilines is 4. The van der Waals surface area contributed by atoms with Crippen LogP contribution < -0.4 is 16.0 Å². The van der Waals surface area contributed by atoms with Gasteiger partial charge in [-0.2, -0.15) is 0 Å². The Labute approximate surface area is 209 Å². The minimum Gasteiger partial charge on any atom is -0.359 e. The lowest BCUT2D eigenvalue weighted by molar-refractivity contribution is 0.102. The van der Waals surface area contributed by atoms with Crippen LogP contribution in [0.4, 0.5) is 27.1 Å². The average molecular weight is 478 g/mol. The molecule has 0 aliphatic heterocycles. The van der Waals surface area contributed by atoms with Gasteiger partial charge in [0, 0.05) is 57.9 Å². The molecule has 4 rings (SSSR count). The Balaban J connectivity index is 1.43. The Morgan fingerprint density at radius 1 is 1.00 bits per heavy atom. The van der Waals surface area contributed by atoms with Crippen molar-refractivity contribution in [2.45, 2.75) is 13.8 Å². The molecule has 1 amide bonds. The van der Waals surface area contributed by atoms with Crippen LogP contribution in [0.25, 0.3) is 10.9 Å². The van der Waals surface area contributed by atoms with Crippen molar-refractivity contribution < 1.29 is 9.18 Å². The highest BCUT2D eigenvalue weighted by atomic mass is 19.1. The van der Waals surface area contributed by atoms with E-state index in [0.29, 0.717) is 22.2 Å². The molecule has 0 aliphatic carbocycles. The Morgan fingerprint density at radius 2 is 1.75 bits per heavy atom. The van der Waals surface area contributed by atoms with Gasteiger partial charge < -0.3 is 16.0 Å². The van der Waals surface area contributed by atoms with Crippen LogP contribution in [0.15, 0.2) is 89.7 Å². The molecule has 0 aliphatic rings. The zero-order valence-electron chi connectivity index (χ0n) is 19.8. The number of fused-ring (bicyclic) bond motifs is 1. The lowest BCUT2D eigenvalue weighted by Crippen LogP contribution is -2.12. The lowest BCUT2D eigenvalue weighted by Gasteiger charge is -2.13. The molecule has 7 heteroatoms. The standard InChI is InChI=1S/C29H24FN5O/c1-4-31-15-13-20(3)33-23-7-9-24(10-8-23)34-29(36)21-5-11-26(19(2)17-21)35-28-14-16-32-27-12-6-22(30)18-25(27)28/h1,5-18,33H,2-3H3,(H,32,35)(H,34,36)/b20-13+,31-15-. The molecule has 178 valence electrons. The van der Waals surface area contributed by atoms with E-state index < -0.39 is 0 Å². The summed E-state index contributed by atoms with van der Waals surface area (Å²) in [6.45, 7) is 3.81. The molecule has 0 spiro atoms. The zero-order valence-corrected chi connectivity index (χ0v) is 19.8. The molecule has 0 radical (unpaired) electrons. The molecule has 0 unspecified atom stereocenters. The quantitative estimate of drug-likeness (QED) is 0.206. The first-order chi connectivity index (χ1) is 17.4. The van der Waals surface area contributed by atoms with Gasteiger partial charge in [0.25, 0.3) is 5.91 Å². The second-order valence-corrected chi connectivity index (χ2v) is 8.09. The van der Waals surface area contributed by atoms with Crippen LogP contribution in [-0.4, -0.2) is 17.1 Å². The van der Waals surface area contributed by atoms with Crippen LogP contribution in [0.2, 0.25) is 0 Å². The fraction of sp³-hybridized carbons (Fsp3) is 0.0690. The van der Waals surface area contributed by atoms with E-state index in [1.807, 2.05) is 50.2 Å². The van der Waals surface area contributed by atoms with Gasteiger partial charge in [-0.25, -0.2) is 9.38 Å². The van der Waals surface area contributed by atoms with Crippen molar-refractivity contribution in [2.24, 2.45) is 4.99 Å². The van der Waals surface area contributed by atoms with E-state index in [1.54, 1.807) is 36.7 Å². The van der Waals surface area contributed by atoms with E-state index in [9.17, 15) is 9.18 Å². The van der Waals surface area contributed by atoms with E-state index in [2.05, 4.69) is 32.0 Å². The molecular formula is C29H24FN5O. The highest BCUT2D eigenvalue weighted by molar-refractivity contribution is 6.05. The third kappa shape index (κ3) is 5.93. The number of halogens is 1. The third-order valence-electron chi connectivity index (χ3n) is 5.42. The van der Waals surface area contributed by atoms with Crippen molar-refractivity contribution in [2.75, 3.05) is 16.0 Å². The normalized spacial score (nSPS) is 11.3. The van der Waals surface area contributed by atoms with Crippen molar-refractivity contribution >= 4 is 45.8 Å². The summed E-state index contributed by atoms with van der Waals surface area (Å²) in [5.74, 6) is -0.546. The number of pyridine rings is 1. The SMILES string of the molecule is C#C/N=C\C=C(/C)Nc1ccc(NC(=O)c2ccc(Nc3ccnc4ccc(F)cc34)c(C)c2)cc1. The Kier molecular flexibility index (Phi) is 7.37. The van der Waals surface area contributed by atoms with Crippen LogP contribution in [0.3, 0.4) is 0 Å². The number of nitrogens with zero attached hydrogens (tertiary/aromatic N) is 2. The number of hydrogen-bond donors (Lipinski definition) is 3. The van der Waals surface area contributed by atoms with Gasteiger partial charge in [0.05, 0.1) is 5.52 Å². The van der Waals surface area contributed by atoms with E-state index in [1.165, 1.54) is 12.1 Å². The van der Waals surface area contributed by atoms with Crippen molar-refractivity contribution in [1.29, 1.82) is 0 Å². The summed E-state index contributed by atoms with van der Waals surface area (Å²) in [5, 5.41) is 10.1. The number of amides is 1. The maximum Gasteiger partial charge on any atom is 0.255 e. The smallest absolute Gasteiger partial charge is 0.255 e. The van der Waals surface area contributed by atoms with Crippen molar-refractivity contribution in [3.8, 4) is 12.5 Å². The summed E-state index contributed by atoms with van der Waals surface area (Å²) in [6.07, 6.45) is 10.1. The van der Waals surface area contributed by atoms with E-state index in [4.69, 9.17) is 6.42 Å². The highest BCUT2D eigenvalue weighted by Crippen LogP contribution is 2.28. The van der Waals surface area contributed by atoms with E-state index >= 15 is 0 Å². The zero-order chi connectivity index (χ0) is 25.5. The molecule has 3 N–H and O–H groups in total. The first-order valence-electron chi connectivity index (χ1n) is 11.2. The molecule has 4 aromatic rings. The van der Waals surface area contributed by atoms with Gasteiger partial charge in [-0.05, 0) is 92.2 Å². The fourth-order valence-corrected chi connectivity index (χ4v) is 3.62. The third-order valence-corrected chi connectivity index (χ3v) is 5.42. The Morgan fingerprint density at radius 3 is 2.47 bits per heavy atom. The highest BCUT2D eigenvalue weighted by Gasteiger charge is 2.10. The summed E-state index contributed by atoms with van der Waals surface area (Å²) in [4.78, 5) is 20.8. The predicted molar refractivity (Wildman–Crippen MR) is 145 cm³/mol. The molecular weight excluding hydrogens is 453 g/mol. The number of allylic oxidation sites excluding steroid dienone is 2. The summed E-state index contributed by atoms with van der Waals surface area (Å²) >= 11 is 0. The minimum absolute atomic E-state index is 0.219. The second-order valence-electron chi connectivity index (χ2n) is 8.09. The maximum atomic E-state index is 13.8. The number of aromatic nitrogens is 1. The summed E-state index contributed by atoms with van der Waals surface area (Å²) in [5.41, 5.74) is 6.06. The van der Waals surface area contributed by atoms with Gasteiger partial charge in [-0.15, -0.1) is 0 Å². The first kappa shape index (κ1) is 24.2. The number of carbonyl (C=O) groups is 1. The largest absolute Gasteiger partial charge is 0.359 e. The molecule has 0 saturated heterocycles. The number of benzene rings is 3. The molecule has 0 atom stereocenters. The van der Waals surface area contributed by atoms with E-state index in [0.717, 1.165) is 28.3 Å². The molecule has 3 aromatic carbocycles. The summed E-state index contributed by atoms with van der Waals surface area (Å²) < 4.78 is 13.8. The number of hydrogen-bond acceptors (Lipinski definition) is 5. The summed E-state index contributed by atoms with van der Waals surface area (Å²) in [7, 11) is 0. The van der Waals surface area contributed by atoms with Crippen LogP contribution >= 0.6 is 0 Å². The van der Waals surface area contributed by atoms with Gasteiger partial charge in [0.15, 0.2) is 0 Å². The Hall–Kier alpha value is -4.96. The Bertz CT molecular complexity index is 1520. The maximum absolute atomic E-state index is 13.8. The van der Waals surface area contributed by atoms with E-state index in [-0.39, 0.29) is 11.7 Å². The molecule has 36 heavy (non-hydrogen) atoms. The number of aliphatic imine (C=N–C) groups is 1. The number of nitrogens with one attached hydrogen (secondary N) is 3. The topological polar surface area (TPSA) is 78.4 Å². The lowest BCUT2D eigenvalue weighted by atomic mass is 10.1. The van der Waals surface area contributed by atoms with Gasteiger partial charge in [-0.3, -0.25) is 9.78 Å². The number of aryl methyl sites for hydroxylation is 1. The van der Waals surface area contributed by atoms with Gasteiger partial charge in [0.2, 0.25) is 0 Å². The predicted octanol–water partition coefficient (Wildman–Crippen LogP) is 6.66. The number of carbonyl (C=O) groups excluding carboxylic acids is 1. The summed E-state index contributed by atoms with van der Waals surface area (Å²) in [6, 6.07) is 21.2. The second kappa shape index (κ2) is 11.0. The van der Waals surface area contributed by atoms with Crippen LogP contribution in [0, 0.1) is 25.2 Å². The van der Waals surface area contributed by atoms with Gasteiger partial charge in [0.1, 0.15) is 5.82 Å². The average Bonchev–Trinajstić information content (AvgIpc) is 2.87. The molecule has 1 heterocycles. The van der Waals surface area contributed by atoms with Crippen molar-refractivity contribution in [1.82, 2.24) is 4.98 Å². The van der Waals surface area contributed by atoms with Gasteiger partial charge >= 0.3 is 0 Å². The fourth-order valence-electron chi connectivity index (χ4n) is 3.62. The van der Waals surface area contributed by atoms with Crippen LogP contribution in [0.1, 0.15) is 22.8 Å². The van der Waals surface area contributed by atoms with Crippen molar-refractivity contribution in [3.63, 3.8) is 0 Å². The van der Waals surface area contributed by atoms with Gasteiger partial charge in [-0.1, -0.05) is 6.42 Å². The van der Waals surface area contributed by atoms with Crippen molar-refractivity contribution in [3.05, 3.63) is 102 Å². The first-order valence-corrected chi connectivity index (χ1v) is 11.2. The van der Waals surface area contributed by atoms with Crippen LogP contribution in [0.5, 0.6) is 0 Å². The molecule has 0 fully saturated rings. The number of rotatable bonds is 7. The van der Waals surface area contributed by atoms with Crippen LogP contribution in [-0.2, 0) is 0 Å². The number of terminal acetylenes is 1. The molecule has 1 aromatic heterocycles.